The summed E-state index contributed by atoms with van der Waals surface area (Å²) in [7, 11) is 1.34. The average molecular weight is 248 g/mol. The molecule has 5 heteroatoms. The molecule has 0 spiro atoms. The van der Waals surface area contributed by atoms with Gasteiger partial charge in [-0.05, 0) is 37.1 Å². The lowest BCUT2D eigenvalue weighted by Crippen LogP contribution is -2.41. The Morgan fingerprint density at radius 3 is 2.61 bits per heavy atom. The largest absolute Gasteiger partial charge is 0.467 e. The molecule has 0 aliphatic carbocycles. The summed E-state index contributed by atoms with van der Waals surface area (Å²) in [5.74, 6) is -0.501. The number of nitrogens with zero attached hydrogens (tertiary/aromatic N) is 1. The summed E-state index contributed by atoms with van der Waals surface area (Å²) in [5.41, 5.74) is 6.73. The molecule has 1 atom stereocenters. The Labute approximate surface area is 106 Å². The number of hydrogen-bond acceptors (Lipinski definition) is 4. The van der Waals surface area contributed by atoms with Gasteiger partial charge in [0.15, 0.2) is 0 Å². The molecule has 1 aliphatic heterocycles. The van der Waals surface area contributed by atoms with Crippen molar-refractivity contribution in [3.05, 3.63) is 29.8 Å². The molecule has 5 nitrogen and oxygen atoms in total. The van der Waals surface area contributed by atoms with E-state index in [0.717, 1.165) is 6.42 Å². The number of carbonyl (C=O) groups is 2. The van der Waals surface area contributed by atoms with Crippen molar-refractivity contribution in [2.24, 2.45) is 0 Å². The second-order valence-electron chi connectivity index (χ2n) is 4.30. The van der Waals surface area contributed by atoms with Crippen LogP contribution in [0.2, 0.25) is 0 Å². The summed E-state index contributed by atoms with van der Waals surface area (Å²) < 4.78 is 4.72. The molecule has 0 bridgehead atoms. The van der Waals surface area contributed by atoms with Gasteiger partial charge in [0.05, 0.1) is 7.11 Å². The number of likely N-dealkylation sites (tertiary alicyclic amines) is 1. The van der Waals surface area contributed by atoms with E-state index in [9.17, 15) is 9.59 Å². The third-order valence-corrected chi connectivity index (χ3v) is 3.14. The van der Waals surface area contributed by atoms with E-state index < -0.39 is 6.04 Å². The maximum absolute atomic E-state index is 12.3. The SMILES string of the molecule is COC(=O)[C@H]1CCCN1C(=O)c1ccc(N)cc1. The summed E-state index contributed by atoms with van der Waals surface area (Å²) in [6.07, 6.45) is 1.48. The van der Waals surface area contributed by atoms with E-state index in [4.69, 9.17) is 10.5 Å². The van der Waals surface area contributed by atoms with E-state index in [0.29, 0.717) is 24.2 Å². The van der Waals surface area contributed by atoms with Crippen LogP contribution in [0.1, 0.15) is 23.2 Å². The molecule has 2 N–H and O–H groups in total. The van der Waals surface area contributed by atoms with E-state index in [1.54, 1.807) is 29.2 Å². The molecule has 96 valence electrons. The van der Waals surface area contributed by atoms with Gasteiger partial charge in [-0.3, -0.25) is 4.79 Å². The number of ether oxygens (including phenoxy) is 1. The van der Waals surface area contributed by atoms with Crippen LogP contribution in [0.4, 0.5) is 5.69 Å². The second-order valence-corrected chi connectivity index (χ2v) is 4.30. The molecule has 1 amide bonds. The van der Waals surface area contributed by atoms with Crippen LogP contribution in [-0.2, 0) is 9.53 Å². The van der Waals surface area contributed by atoms with Gasteiger partial charge in [-0.25, -0.2) is 4.79 Å². The average Bonchev–Trinajstić information content (AvgIpc) is 2.87. The van der Waals surface area contributed by atoms with Crippen molar-refractivity contribution >= 4 is 17.6 Å². The molecule has 1 aliphatic rings. The van der Waals surface area contributed by atoms with E-state index >= 15 is 0 Å². The summed E-state index contributed by atoms with van der Waals surface area (Å²) in [6, 6.07) is 6.24. The first-order valence-corrected chi connectivity index (χ1v) is 5.88. The van der Waals surface area contributed by atoms with E-state index in [1.165, 1.54) is 7.11 Å². The van der Waals surface area contributed by atoms with Gasteiger partial charge in [0.2, 0.25) is 0 Å². The summed E-state index contributed by atoms with van der Waals surface area (Å²) >= 11 is 0. The van der Waals surface area contributed by atoms with Gasteiger partial charge in [-0.15, -0.1) is 0 Å². The quantitative estimate of drug-likeness (QED) is 0.627. The monoisotopic (exact) mass is 248 g/mol. The Morgan fingerprint density at radius 1 is 1.33 bits per heavy atom. The number of methoxy groups -OCH3 is 1. The number of benzene rings is 1. The number of anilines is 1. The predicted octanol–water partition coefficient (Wildman–Crippen LogP) is 1.05. The van der Waals surface area contributed by atoms with Gasteiger partial charge in [-0.1, -0.05) is 0 Å². The Bertz CT molecular complexity index is 456. The number of rotatable bonds is 2. The normalized spacial score (nSPS) is 18.7. The highest BCUT2D eigenvalue weighted by atomic mass is 16.5. The topological polar surface area (TPSA) is 72.6 Å². The Morgan fingerprint density at radius 2 is 2.00 bits per heavy atom. The summed E-state index contributed by atoms with van der Waals surface area (Å²) in [5, 5.41) is 0. The fourth-order valence-corrected chi connectivity index (χ4v) is 2.18. The zero-order valence-corrected chi connectivity index (χ0v) is 10.3. The van der Waals surface area contributed by atoms with Gasteiger partial charge in [-0.2, -0.15) is 0 Å². The number of nitrogens with two attached hydrogens (primary N) is 1. The van der Waals surface area contributed by atoms with Crippen LogP contribution < -0.4 is 5.73 Å². The number of carbonyl (C=O) groups excluding carboxylic acids is 2. The molecule has 0 radical (unpaired) electrons. The minimum Gasteiger partial charge on any atom is -0.467 e. The van der Waals surface area contributed by atoms with Crippen LogP contribution in [0.15, 0.2) is 24.3 Å². The lowest BCUT2D eigenvalue weighted by atomic mass is 10.1. The zero-order valence-electron chi connectivity index (χ0n) is 10.3. The molecule has 0 saturated carbocycles. The maximum Gasteiger partial charge on any atom is 0.328 e. The molecule has 0 unspecified atom stereocenters. The Balaban J connectivity index is 2.17. The van der Waals surface area contributed by atoms with E-state index in [-0.39, 0.29) is 11.9 Å². The minimum absolute atomic E-state index is 0.150. The fraction of sp³-hybridized carbons (Fsp3) is 0.385. The third-order valence-electron chi connectivity index (χ3n) is 3.14. The van der Waals surface area contributed by atoms with Gasteiger partial charge in [0, 0.05) is 17.8 Å². The number of hydrogen-bond donors (Lipinski definition) is 1. The highest BCUT2D eigenvalue weighted by Gasteiger charge is 2.35. The molecule has 1 fully saturated rings. The molecule has 18 heavy (non-hydrogen) atoms. The van der Waals surface area contributed by atoms with Crippen LogP contribution in [-0.4, -0.2) is 36.5 Å². The fourth-order valence-electron chi connectivity index (χ4n) is 2.18. The molecular weight excluding hydrogens is 232 g/mol. The van der Waals surface area contributed by atoms with Crippen molar-refractivity contribution < 1.29 is 14.3 Å². The first-order chi connectivity index (χ1) is 8.63. The van der Waals surface area contributed by atoms with Crippen molar-refractivity contribution in [1.82, 2.24) is 4.90 Å². The maximum atomic E-state index is 12.3. The van der Waals surface area contributed by atoms with E-state index in [2.05, 4.69) is 0 Å². The lowest BCUT2D eigenvalue weighted by molar-refractivity contribution is -0.145. The number of esters is 1. The first-order valence-electron chi connectivity index (χ1n) is 5.88. The van der Waals surface area contributed by atoms with E-state index in [1.807, 2.05) is 0 Å². The molecular formula is C13H16N2O3. The number of nitrogen functional groups attached to an aromatic ring is 1. The van der Waals surface area contributed by atoms with Crippen LogP contribution in [0, 0.1) is 0 Å². The molecule has 1 heterocycles. The van der Waals surface area contributed by atoms with Gasteiger partial charge < -0.3 is 15.4 Å². The highest BCUT2D eigenvalue weighted by molar-refractivity contribution is 5.97. The van der Waals surface area contributed by atoms with Crippen molar-refractivity contribution in [3.8, 4) is 0 Å². The molecule has 1 saturated heterocycles. The second kappa shape index (κ2) is 5.08. The predicted molar refractivity (Wildman–Crippen MR) is 66.9 cm³/mol. The van der Waals surface area contributed by atoms with Gasteiger partial charge >= 0.3 is 5.97 Å². The van der Waals surface area contributed by atoms with Crippen molar-refractivity contribution in [2.75, 3.05) is 19.4 Å². The van der Waals surface area contributed by atoms with Crippen molar-refractivity contribution in [2.45, 2.75) is 18.9 Å². The highest BCUT2D eigenvalue weighted by Crippen LogP contribution is 2.21. The molecule has 1 aromatic carbocycles. The standard InChI is InChI=1S/C13H16N2O3/c1-18-13(17)11-3-2-8-15(11)12(16)9-4-6-10(14)7-5-9/h4-7,11H,2-3,8,14H2,1H3/t11-/m1/s1. The van der Waals surface area contributed by atoms with Gasteiger partial charge in [0.1, 0.15) is 6.04 Å². The van der Waals surface area contributed by atoms with Crippen LogP contribution in [0.25, 0.3) is 0 Å². The zero-order chi connectivity index (χ0) is 13.1. The van der Waals surface area contributed by atoms with Crippen molar-refractivity contribution in [3.63, 3.8) is 0 Å². The van der Waals surface area contributed by atoms with Crippen LogP contribution >= 0.6 is 0 Å². The summed E-state index contributed by atoms with van der Waals surface area (Å²) in [4.78, 5) is 25.4. The lowest BCUT2D eigenvalue weighted by Gasteiger charge is -2.22. The molecule has 2 rings (SSSR count). The van der Waals surface area contributed by atoms with Crippen LogP contribution in [0.5, 0.6) is 0 Å². The Hall–Kier alpha value is -2.04. The van der Waals surface area contributed by atoms with Gasteiger partial charge in [0.25, 0.3) is 5.91 Å². The summed E-state index contributed by atoms with van der Waals surface area (Å²) in [6.45, 7) is 0.586. The molecule has 1 aromatic rings. The van der Waals surface area contributed by atoms with Crippen molar-refractivity contribution in [1.29, 1.82) is 0 Å². The molecule has 0 aromatic heterocycles. The van der Waals surface area contributed by atoms with Crippen LogP contribution in [0.3, 0.4) is 0 Å². The number of amides is 1. The third kappa shape index (κ3) is 2.30. The first kappa shape index (κ1) is 12.4. The smallest absolute Gasteiger partial charge is 0.328 e. The Kier molecular flexibility index (Phi) is 3.50. The minimum atomic E-state index is -0.458.